The third kappa shape index (κ3) is 3.37. The van der Waals surface area contributed by atoms with E-state index in [2.05, 4.69) is 4.98 Å². The average Bonchev–Trinajstić information content (AvgIpc) is 2.37. The molecule has 2 aromatic rings. The number of ether oxygens (including phenoxy) is 1. The molecule has 0 saturated carbocycles. The Morgan fingerprint density at radius 1 is 1.21 bits per heavy atom. The van der Waals surface area contributed by atoms with Crippen molar-refractivity contribution in [1.29, 1.82) is 0 Å². The first-order valence-corrected chi connectivity index (χ1v) is 5.45. The van der Waals surface area contributed by atoms with Crippen molar-refractivity contribution in [2.45, 2.75) is 12.8 Å². The predicted molar refractivity (Wildman–Crippen MR) is 64.4 cm³/mol. The zero-order valence-corrected chi connectivity index (χ0v) is 9.82. The number of nitrogen functional groups attached to an aromatic ring is 1. The molecule has 0 saturated heterocycles. The van der Waals surface area contributed by atoms with Crippen LogP contribution in [-0.4, -0.2) is 4.98 Å². The lowest BCUT2D eigenvalue weighted by molar-refractivity contribution is -0.139. The van der Waals surface area contributed by atoms with Gasteiger partial charge in [0.15, 0.2) is 0 Å². The Balaban J connectivity index is 2.21. The number of hydrogen-bond donors (Lipinski definition) is 1. The molecule has 1 aromatic heterocycles. The molecule has 3 nitrogen and oxygen atoms in total. The monoisotopic (exact) mass is 268 g/mol. The lowest BCUT2D eigenvalue weighted by atomic mass is 10.1. The minimum atomic E-state index is -4.50. The number of halogens is 3. The lowest BCUT2D eigenvalue weighted by Gasteiger charge is -2.14. The molecule has 0 aliphatic heterocycles. The van der Waals surface area contributed by atoms with Gasteiger partial charge in [0.2, 0.25) is 0 Å². The molecule has 6 heteroatoms. The van der Waals surface area contributed by atoms with Crippen LogP contribution in [0.5, 0.6) is 5.75 Å². The molecule has 0 unspecified atom stereocenters. The molecule has 1 aromatic carbocycles. The van der Waals surface area contributed by atoms with Gasteiger partial charge in [0, 0.05) is 23.6 Å². The standard InChI is InChI=1S/C13H11F3N2O/c14-13(15,16)11-6-10(17)3-4-12(11)19-8-9-2-1-5-18-7-9/h1-7H,8,17H2. The number of rotatable bonds is 3. The van der Waals surface area contributed by atoms with Crippen LogP contribution in [0, 0.1) is 0 Å². The van der Waals surface area contributed by atoms with E-state index in [4.69, 9.17) is 10.5 Å². The fraction of sp³-hybridized carbons (Fsp3) is 0.154. The van der Waals surface area contributed by atoms with Crippen molar-refractivity contribution in [2.75, 3.05) is 5.73 Å². The second-order valence-electron chi connectivity index (χ2n) is 3.90. The topological polar surface area (TPSA) is 48.1 Å². The largest absolute Gasteiger partial charge is 0.488 e. The van der Waals surface area contributed by atoms with Gasteiger partial charge in [0.25, 0.3) is 0 Å². The van der Waals surface area contributed by atoms with Gasteiger partial charge in [-0.3, -0.25) is 4.98 Å². The maximum absolute atomic E-state index is 12.8. The smallest absolute Gasteiger partial charge is 0.420 e. The molecule has 0 radical (unpaired) electrons. The Bertz CT molecular complexity index is 556. The van der Waals surface area contributed by atoms with E-state index in [1.807, 2.05) is 0 Å². The minimum Gasteiger partial charge on any atom is -0.488 e. The highest BCUT2D eigenvalue weighted by molar-refractivity contribution is 5.49. The quantitative estimate of drug-likeness (QED) is 0.869. The van der Waals surface area contributed by atoms with Crippen molar-refractivity contribution in [2.24, 2.45) is 0 Å². The molecule has 0 aliphatic rings. The van der Waals surface area contributed by atoms with Gasteiger partial charge >= 0.3 is 6.18 Å². The SMILES string of the molecule is Nc1ccc(OCc2cccnc2)c(C(F)(F)F)c1. The zero-order valence-electron chi connectivity index (χ0n) is 9.82. The Kier molecular flexibility index (Phi) is 3.59. The number of pyridine rings is 1. The summed E-state index contributed by atoms with van der Waals surface area (Å²) in [6.45, 7) is 0.0147. The number of nitrogens with two attached hydrogens (primary N) is 1. The number of alkyl halides is 3. The molecule has 2 N–H and O–H groups in total. The van der Waals surface area contributed by atoms with Gasteiger partial charge in [-0.1, -0.05) is 6.07 Å². The summed E-state index contributed by atoms with van der Waals surface area (Å²) < 4.78 is 43.6. The van der Waals surface area contributed by atoms with E-state index in [0.717, 1.165) is 6.07 Å². The Morgan fingerprint density at radius 2 is 2.00 bits per heavy atom. The van der Waals surface area contributed by atoms with Crippen LogP contribution in [0.1, 0.15) is 11.1 Å². The summed E-state index contributed by atoms with van der Waals surface area (Å²) in [6.07, 6.45) is -1.39. The van der Waals surface area contributed by atoms with Crippen molar-refractivity contribution in [3.63, 3.8) is 0 Å². The molecule has 100 valence electrons. The van der Waals surface area contributed by atoms with E-state index >= 15 is 0 Å². The maximum Gasteiger partial charge on any atom is 0.420 e. The molecule has 0 fully saturated rings. The first-order chi connectivity index (χ1) is 8.97. The molecule has 0 amide bonds. The van der Waals surface area contributed by atoms with Crippen LogP contribution in [0.2, 0.25) is 0 Å². The summed E-state index contributed by atoms with van der Waals surface area (Å²) in [4.78, 5) is 3.86. The Hall–Kier alpha value is -2.24. The normalized spacial score (nSPS) is 11.3. The average molecular weight is 268 g/mol. The van der Waals surface area contributed by atoms with Crippen LogP contribution in [0.4, 0.5) is 18.9 Å². The second kappa shape index (κ2) is 5.17. The number of nitrogens with zero attached hydrogens (tertiary/aromatic N) is 1. The van der Waals surface area contributed by atoms with Crippen LogP contribution >= 0.6 is 0 Å². The fourth-order valence-corrected chi connectivity index (χ4v) is 1.54. The number of hydrogen-bond acceptors (Lipinski definition) is 3. The van der Waals surface area contributed by atoms with Gasteiger partial charge < -0.3 is 10.5 Å². The maximum atomic E-state index is 12.8. The highest BCUT2D eigenvalue weighted by atomic mass is 19.4. The first-order valence-electron chi connectivity index (χ1n) is 5.45. The van der Waals surface area contributed by atoms with Crippen LogP contribution in [0.3, 0.4) is 0 Å². The van der Waals surface area contributed by atoms with Gasteiger partial charge in [0.05, 0.1) is 5.56 Å². The van der Waals surface area contributed by atoms with E-state index in [0.29, 0.717) is 5.56 Å². The summed E-state index contributed by atoms with van der Waals surface area (Å²) in [5, 5.41) is 0. The second-order valence-corrected chi connectivity index (χ2v) is 3.90. The first kappa shape index (κ1) is 13.2. The van der Waals surface area contributed by atoms with E-state index in [-0.39, 0.29) is 18.0 Å². The van der Waals surface area contributed by atoms with Crippen LogP contribution in [0.15, 0.2) is 42.7 Å². The van der Waals surface area contributed by atoms with Crippen molar-refractivity contribution in [3.05, 3.63) is 53.9 Å². The highest BCUT2D eigenvalue weighted by Crippen LogP contribution is 2.37. The highest BCUT2D eigenvalue weighted by Gasteiger charge is 2.34. The third-order valence-corrected chi connectivity index (χ3v) is 2.43. The summed E-state index contributed by atoms with van der Waals surface area (Å²) in [5.41, 5.74) is 5.22. The van der Waals surface area contributed by atoms with Crippen LogP contribution < -0.4 is 10.5 Å². The molecule has 0 bridgehead atoms. The van der Waals surface area contributed by atoms with E-state index in [1.54, 1.807) is 18.3 Å². The van der Waals surface area contributed by atoms with Gasteiger partial charge in [0.1, 0.15) is 12.4 Å². The summed E-state index contributed by atoms with van der Waals surface area (Å²) >= 11 is 0. The molecule has 19 heavy (non-hydrogen) atoms. The van der Waals surface area contributed by atoms with Crippen molar-refractivity contribution in [3.8, 4) is 5.75 Å². The zero-order chi connectivity index (χ0) is 13.9. The lowest BCUT2D eigenvalue weighted by Crippen LogP contribution is -2.09. The molecule has 0 atom stereocenters. The van der Waals surface area contributed by atoms with Gasteiger partial charge in [-0.05, 0) is 24.3 Å². The Labute approximate surface area is 107 Å². The predicted octanol–water partition coefficient (Wildman–Crippen LogP) is 3.26. The number of aromatic nitrogens is 1. The van der Waals surface area contributed by atoms with Crippen molar-refractivity contribution >= 4 is 5.69 Å². The molecule has 0 spiro atoms. The number of anilines is 1. The minimum absolute atomic E-state index is 0.0147. The van der Waals surface area contributed by atoms with Crippen molar-refractivity contribution < 1.29 is 17.9 Å². The Morgan fingerprint density at radius 3 is 2.63 bits per heavy atom. The molecule has 2 rings (SSSR count). The van der Waals surface area contributed by atoms with Gasteiger partial charge in [-0.2, -0.15) is 13.2 Å². The van der Waals surface area contributed by atoms with E-state index < -0.39 is 11.7 Å². The van der Waals surface area contributed by atoms with E-state index in [1.165, 1.54) is 18.3 Å². The summed E-state index contributed by atoms with van der Waals surface area (Å²) in [7, 11) is 0. The third-order valence-electron chi connectivity index (χ3n) is 2.43. The summed E-state index contributed by atoms with van der Waals surface area (Å²) in [5.74, 6) is -0.245. The number of benzene rings is 1. The van der Waals surface area contributed by atoms with Crippen LogP contribution in [-0.2, 0) is 12.8 Å². The molecular formula is C13H11F3N2O. The molecule has 1 heterocycles. The van der Waals surface area contributed by atoms with E-state index in [9.17, 15) is 13.2 Å². The van der Waals surface area contributed by atoms with Gasteiger partial charge in [-0.15, -0.1) is 0 Å². The molecule has 0 aliphatic carbocycles. The van der Waals surface area contributed by atoms with Crippen molar-refractivity contribution in [1.82, 2.24) is 4.98 Å². The fourth-order valence-electron chi connectivity index (χ4n) is 1.54. The van der Waals surface area contributed by atoms with Crippen LogP contribution in [0.25, 0.3) is 0 Å². The van der Waals surface area contributed by atoms with Gasteiger partial charge in [-0.25, -0.2) is 0 Å². The molecular weight excluding hydrogens is 257 g/mol. The summed E-state index contributed by atoms with van der Waals surface area (Å²) in [6, 6.07) is 6.85.